The SMILES string of the molecule is CN1CCN(Cc2ccc(CO)o2)C(=O)C1=O. The van der Waals surface area contributed by atoms with E-state index in [1.165, 1.54) is 9.80 Å². The van der Waals surface area contributed by atoms with Crippen LogP contribution >= 0.6 is 0 Å². The van der Waals surface area contributed by atoms with Crippen molar-refractivity contribution >= 4 is 11.8 Å². The van der Waals surface area contributed by atoms with Gasteiger partial charge in [0.2, 0.25) is 0 Å². The highest BCUT2D eigenvalue weighted by Crippen LogP contribution is 2.13. The van der Waals surface area contributed by atoms with Gasteiger partial charge in [-0.25, -0.2) is 0 Å². The van der Waals surface area contributed by atoms with E-state index in [1.54, 1.807) is 19.2 Å². The molecule has 0 spiro atoms. The molecule has 6 heteroatoms. The second-order valence-corrected chi connectivity index (χ2v) is 3.98. The van der Waals surface area contributed by atoms with Crippen LogP contribution in [-0.2, 0) is 22.7 Å². The van der Waals surface area contributed by atoms with Gasteiger partial charge < -0.3 is 19.3 Å². The Morgan fingerprint density at radius 3 is 2.59 bits per heavy atom. The zero-order valence-corrected chi connectivity index (χ0v) is 9.55. The lowest BCUT2D eigenvalue weighted by atomic mass is 10.3. The maximum absolute atomic E-state index is 11.7. The second-order valence-electron chi connectivity index (χ2n) is 3.98. The molecule has 0 atom stereocenters. The maximum Gasteiger partial charge on any atom is 0.312 e. The summed E-state index contributed by atoms with van der Waals surface area (Å²) < 4.78 is 5.28. The van der Waals surface area contributed by atoms with Gasteiger partial charge in [0.15, 0.2) is 0 Å². The van der Waals surface area contributed by atoms with Crippen molar-refractivity contribution in [2.45, 2.75) is 13.2 Å². The molecule has 1 fully saturated rings. The van der Waals surface area contributed by atoms with Crippen LogP contribution in [0, 0.1) is 0 Å². The molecule has 1 N–H and O–H groups in total. The largest absolute Gasteiger partial charge is 0.462 e. The minimum atomic E-state index is -0.513. The summed E-state index contributed by atoms with van der Waals surface area (Å²) in [5.74, 6) is 0.0125. The molecule has 1 saturated heterocycles. The molecule has 92 valence electrons. The Morgan fingerprint density at radius 1 is 1.24 bits per heavy atom. The van der Waals surface area contributed by atoms with E-state index in [0.717, 1.165) is 0 Å². The van der Waals surface area contributed by atoms with Crippen LogP contribution in [0.2, 0.25) is 0 Å². The van der Waals surface area contributed by atoms with Crippen molar-refractivity contribution in [3.8, 4) is 0 Å². The molecule has 0 bridgehead atoms. The Hall–Kier alpha value is -1.82. The standard InChI is InChI=1S/C11H14N2O4/c1-12-4-5-13(11(16)10(12)15)6-8-2-3-9(7-14)17-8/h2-3,14H,4-7H2,1H3. The highest BCUT2D eigenvalue weighted by Gasteiger charge is 2.30. The molecule has 17 heavy (non-hydrogen) atoms. The number of hydrogen-bond acceptors (Lipinski definition) is 4. The molecule has 2 rings (SSSR count). The van der Waals surface area contributed by atoms with E-state index in [1.807, 2.05) is 0 Å². The quantitative estimate of drug-likeness (QED) is 0.725. The Bertz CT molecular complexity index is 440. The maximum atomic E-state index is 11.7. The van der Waals surface area contributed by atoms with Crippen molar-refractivity contribution in [3.05, 3.63) is 23.7 Å². The number of rotatable bonds is 3. The van der Waals surface area contributed by atoms with Crippen LogP contribution in [0.4, 0.5) is 0 Å². The van der Waals surface area contributed by atoms with Crippen LogP contribution in [0.1, 0.15) is 11.5 Å². The molecule has 0 aromatic carbocycles. The van der Waals surface area contributed by atoms with Crippen LogP contribution in [0.15, 0.2) is 16.5 Å². The Balaban J connectivity index is 2.04. The summed E-state index contributed by atoms with van der Waals surface area (Å²) in [6.07, 6.45) is 0. The second kappa shape index (κ2) is 4.58. The highest BCUT2D eigenvalue weighted by molar-refractivity contribution is 6.35. The van der Waals surface area contributed by atoms with Gasteiger partial charge in [0.1, 0.15) is 18.1 Å². The number of carbonyl (C=O) groups excluding carboxylic acids is 2. The molecule has 2 amide bonds. The smallest absolute Gasteiger partial charge is 0.312 e. The molecule has 6 nitrogen and oxygen atoms in total. The molecule has 2 heterocycles. The number of aliphatic hydroxyl groups excluding tert-OH is 1. The van der Waals surface area contributed by atoms with E-state index in [0.29, 0.717) is 24.6 Å². The number of amides is 2. The number of nitrogens with zero attached hydrogens (tertiary/aromatic N) is 2. The molecule has 0 saturated carbocycles. The fraction of sp³-hybridized carbons (Fsp3) is 0.455. The summed E-state index contributed by atoms with van der Waals surface area (Å²) in [5, 5.41) is 8.85. The van der Waals surface area contributed by atoms with E-state index in [2.05, 4.69) is 0 Å². The number of aliphatic hydroxyl groups is 1. The van der Waals surface area contributed by atoms with Gasteiger partial charge in [-0.05, 0) is 12.1 Å². The van der Waals surface area contributed by atoms with Crippen molar-refractivity contribution in [2.75, 3.05) is 20.1 Å². The van der Waals surface area contributed by atoms with E-state index >= 15 is 0 Å². The predicted molar refractivity (Wildman–Crippen MR) is 57.7 cm³/mol. The average molecular weight is 238 g/mol. The zero-order valence-electron chi connectivity index (χ0n) is 9.55. The van der Waals surface area contributed by atoms with Crippen LogP contribution < -0.4 is 0 Å². The number of carbonyl (C=O) groups is 2. The van der Waals surface area contributed by atoms with Gasteiger partial charge in [-0.3, -0.25) is 9.59 Å². The lowest BCUT2D eigenvalue weighted by Crippen LogP contribution is -2.52. The first-order chi connectivity index (χ1) is 8.11. The number of furan rings is 1. The average Bonchev–Trinajstić information content (AvgIpc) is 2.78. The Morgan fingerprint density at radius 2 is 1.94 bits per heavy atom. The van der Waals surface area contributed by atoms with E-state index in [-0.39, 0.29) is 13.2 Å². The van der Waals surface area contributed by atoms with Gasteiger partial charge >= 0.3 is 11.8 Å². The van der Waals surface area contributed by atoms with Crippen molar-refractivity contribution in [1.29, 1.82) is 0 Å². The van der Waals surface area contributed by atoms with Crippen molar-refractivity contribution < 1.29 is 19.1 Å². The van der Waals surface area contributed by atoms with Crippen LogP contribution in [0.3, 0.4) is 0 Å². The van der Waals surface area contributed by atoms with E-state index < -0.39 is 11.8 Å². The predicted octanol–water partition coefficient (Wildman–Crippen LogP) is -0.428. The highest BCUT2D eigenvalue weighted by atomic mass is 16.4. The third kappa shape index (κ3) is 2.31. The van der Waals surface area contributed by atoms with Gasteiger partial charge in [0.25, 0.3) is 0 Å². The first kappa shape index (κ1) is 11.7. The molecule has 1 aliphatic rings. The third-order valence-electron chi connectivity index (χ3n) is 2.74. The monoisotopic (exact) mass is 238 g/mol. The first-order valence-corrected chi connectivity index (χ1v) is 5.34. The van der Waals surface area contributed by atoms with Crippen LogP contribution in [0.25, 0.3) is 0 Å². The van der Waals surface area contributed by atoms with Crippen LogP contribution in [-0.4, -0.2) is 46.9 Å². The lowest BCUT2D eigenvalue weighted by Gasteiger charge is -2.30. The summed E-state index contributed by atoms with van der Waals surface area (Å²) in [7, 11) is 1.61. The summed E-state index contributed by atoms with van der Waals surface area (Å²) in [5.41, 5.74) is 0. The van der Waals surface area contributed by atoms with Crippen molar-refractivity contribution in [1.82, 2.24) is 9.80 Å². The van der Waals surface area contributed by atoms with Gasteiger partial charge in [-0.15, -0.1) is 0 Å². The van der Waals surface area contributed by atoms with E-state index in [9.17, 15) is 9.59 Å². The van der Waals surface area contributed by atoms with Gasteiger partial charge in [0.05, 0.1) is 6.54 Å². The fourth-order valence-electron chi connectivity index (χ4n) is 1.70. The lowest BCUT2D eigenvalue weighted by molar-refractivity contribution is -0.155. The van der Waals surface area contributed by atoms with Gasteiger partial charge in [-0.1, -0.05) is 0 Å². The Kier molecular flexibility index (Phi) is 3.14. The topological polar surface area (TPSA) is 74.0 Å². The number of piperazine rings is 1. The zero-order chi connectivity index (χ0) is 12.4. The minimum Gasteiger partial charge on any atom is -0.462 e. The summed E-state index contributed by atoms with van der Waals surface area (Å²) >= 11 is 0. The number of likely N-dealkylation sites (N-methyl/N-ethyl adjacent to an activating group) is 1. The molecule has 0 aliphatic carbocycles. The molecule has 0 radical (unpaired) electrons. The third-order valence-corrected chi connectivity index (χ3v) is 2.74. The fourth-order valence-corrected chi connectivity index (χ4v) is 1.70. The first-order valence-electron chi connectivity index (χ1n) is 5.34. The summed E-state index contributed by atoms with van der Waals surface area (Å²) in [6.45, 7) is 1.11. The molecule has 1 aromatic rings. The molecule has 1 aromatic heterocycles. The Labute approximate surface area is 98.4 Å². The van der Waals surface area contributed by atoms with Crippen molar-refractivity contribution in [3.63, 3.8) is 0 Å². The normalized spacial score (nSPS) is 16.8. The molecular weight excluding hydrogens is 224 g/mol. The number of hydrogen-bond donors (Lipinski definition) is 1. The van der Waals surface area contributed by atoms with Gasteiger partial charge in [0, 0.05) is 20.1 Å². The molecule has 1 aliphatic heterocycles. The van der Waals surface area contributed by atoms with E-state index in [4.69, 9.17) is 9.52 Å². The minimum absolute atomic E-state index is 0.171. The molecule has 0 unspecified atom stereocenters. The van der Waals surface area contributed by atoms with Gasteiger partial charge in [-0.2, -0.15) is 0 Å². The summed E-state index contributed by atoms with van der Waals surface area (Å²) in [6, 6.07) is 3.35. The summed E-state index contributed by atoms with van der Waals surface area (Å²) in [4.78, 5) is 26.0. The molecular formula is C11H14N2O4. The van der Waals surface area contributed by atoms with Crippen molar-refractivity contribution in [2.24, 2.45) is 0 Å². The van der Waals surface area contributed by atoms with Crippen LogP contribution in [0.5, 0.6) is 0 Å².